The number of rotatable bonds is 5. The molecule has 1 saturated heterocycles. The Kier molecular flexibility index (Phi) is 5.29. The molecule has 2 aliphatic rings. The zero-order valence-electron chi connectivity index (χ0n) is 17.1. The molecule has 0 radical (unpaired) electrons. The van der Waals surface area contributed by atoms with Crippen molar-refractivity contribution in [2.45, 2.75) is 18.3 Å². The number of benzene rings is 1. The quantitative estimate of drug-likeness (QED) is 0.746. The van der Waals surface area contributed by atoms with Crippen LogP contribution in [0.25, 0.3) is 11.4 Å². The van der Waals surface area contributed by atoms with E-state index in [2.05, 4.69) is 4.90 Å². The van der Waals surface area contributed by atoms with Crippen LogP contribution in [0.3, 0.4) is 0 Å². The van der Waals surface area contributed by atoms with Crippen LogP contribution in [-0.2, 0) is 19.7 Å². The van der Waals surface area contributed by atoms with Crippen LogP contribution in [0, 0.1) is 0 Å². The third kappa shape index (κ3) is 3.68. The maximum atomic E-state index is 12.4. The lowest BCUT2D eigenvalue weighted by Crippen LogP contribution is -2.37. The van der Waals surface area contributed by atoms with E-state index in [0.29, 0.717) is 43.3 Å². The summed E-state index contributed by atoms with van der Waals surface area (Å²) in [5.74, 6) is 1.03. The third-order valence-electron chi connectivity index (χ3n) is 5.71. The smallest absolute Gasteiger partial charge is 0.318 e. The van der Waals surface area contributed by atoms with E-state index in [1.807, 2.05) is 18.2 Å². The number of carbonyl (C=O) groups is 2. The zero-order chi connectivity index (χ0) is 21.3. The fourth-order valence-corrected chi connectivity index (χ4v) is 3.61. The molecule has 0 spiro atoms. The highest BCUT2D eigenvalue weighted by molar-refractivity contribution is 5.90. The van der Waals surface area contributed by atoms with E-state index in [9.17, 15) is 9.59 Å². The number of ether oxygens (including phenoxy) is 2. The highest BCUT2D eigenvalue weighted by Crippen LogP contribution is 2.49. The molecule has 2 fully saturated rings. The number of morpholine rings is 1. The molecule has 9 heteroatoms. The van der Waals surface area contributed by atoms with Crippen LogP contribution < -0.4 is 15.5 Å². The Bertz CT molecular complexity index is 952. The van der Waals surface area contributed by atoms with Crippen molar-refractivity contribution in [1.82, 2.24) is 9.97 Å². The van der Waals surface area contributed by atoms with Gasteiger partial charge in [-0.2, -0.15) is 0 Å². The van der Waals surface area contributed by atoms with Crippen molar-refractivity contribution in [2.24, 2.45) is 5.73 Å². The molecule has 0 unspecified atom stereocenters. The van der Waals surface area contributed by atoms with Gasteiger partial charge in [0.25, 0.3) is 0 Å². The van der Waals surface area contributed by atoms with E-state index in [-0.39, 0.29) is 5.97 Å². The number of urea groups is 1. The number of anilines is 2. The fraction of sp³-hybridized carbons (Fsp3) is 0.429. The first-order valence-corrected chi connectivity index (χ1v) is 9.89. The molecule has 1 aliphatic heterocycles. The van der Waals surface area contributed by atoms with Crippen LogP contribution in [0.2, 0.25) is 0 Å². The number of hydrogen-bond acceptors (Lipinski definition) is 7. The minimum Gasteiger partial charge on any atom is -0.468 e. The highest BCUT2D eigenvalue weighted by atomic mass is 16.5. The molecule has 0 atom stereocenters. The molecule has 1 aliphatic carbocycles. The van der Waals surface area contributed by atoms with Gasteiger partial charge in [-0.05, 0) is 37.1 Å². The van der Waals surface area contributed by atoms with Crippen LogP contribution in [-0.4, -0.2) is 62.4 Å². The molecular weight excluding hydrogens is 386 g/mol. The van der Waals surface area contributed by atoms with E-state index in [1.165, 1.54) is 12.0 Å². The van der Waals surface area contributed by atoms with Crippen molar-refractivity contribution in [2.75, 3.05) is 50.3 Å². The molecule has 2 amide bonds. The zero-order valence-corrected chi connectivity index (χ0v) is 17.1. The minimum atomic E-state index is -0.695. The van der Waals surface area contributed by atoms with E-state index < -0.39 is 11.4 Å². The number of primary amides is 1. The van der Waals surface area contributed by atoms with Gasteiger partial charge in [-0.3, -0.25) is 9.69 Å². The van der Waals surface area contributed by atoms with Crippen LogP contribution >= 0.6 is 0 Å². The molecule has 1 aromatic heterocycles. The SMILES string of the molecule is COC(=O)C1(c2cc(N3CCOCC3)nc(-c3ccc(N(C)C(N)=O)cc3)n2)CC1. The summed E-state index contributed by atoms with van der Waals surface area (Å²) in [7, 11) is 3.01. The molecule has 2 N–H and O–H groups in total. The third-order valence-corrected chi connectivity index (χ3v) is 5.71. The number of nitrogens with zero attached hydrogens (tertiary/aromatic N) is 4. The van der Waals surface area contributed by atoms with Crippen LogP contribution in [0.1, 0.15) is 18.5 Å². The number of nitrogens with two attached hydrogens (primary N) is 1. The highest BCUT2D eigenvalue weighted by Gasteiger charge is 2.54. The van der Waals surface area contributed by atoms with Gasteiger partial charge in [-0.25, -0.2) is 14.8 Å². The van der Waals surface area contributed by atoms with E-state index in [0.717, 1.165) is 24.5 Å². The molecule has 4 rings (SSSR count). The van der Waals surface area contributed by atoms with Gasteiger partial charge in [0.15, 0.2) is 5.82 Å². The van der Waals surface area contributed by atoms with Crippen molar-refractivity contribution in [3.05, 3.63) is 36.0 Å². The van der Waals surface area contributed by atoms with Crippen molar-refractivity contribution in [3.8, 4) is 11.4 Å². The number of carbonyl (C=O) groups excluding carboxylic acids is 2. The Morgan fingerprint density at radius 3 is 2.40 bits per heavy atom. The molecule has 2 heterocycles. The molecule has 0 bridgehead atoms. The summed E-state index contributed by atoms with van der Waals surface area (Å²) in [6.07, 6.45) is 1.42. The number of aromatic nitrogens is 2. The summed E-state index contributed by atoms with van der Waals surface area (Å²) in [5, 5.41) is 0. The van der Waals surface area contributed by atoms with Gasteiger partial charge < -0.3 is 20.1 Å². The molecule has 158 valence electrons. The average Bonchev–Trinajstić information content (AvgIpc) is 3.60. The van der Waals surface area contributed by atoms with E-state index >= 15 is 0 Å². The van der Waals surface area contributed by atoms with Crippen molar-refractivity contribution in [3.63, 3.8) is 0 Å². The second kappa shape index (κ2) is 7.91. The van der Waals surface area contributed by atoms with Crippen LogP contribution in [0.5, 0.6) is 0 Å². The average molecular weight is 411 g/mol. The Morgan fingerprint density at radius 2 is 1.83 bits per heavy atom. The Balaban J connectivity index is 1.74. The van der Waals surface area contributed by atoms with Crippen molar-refractivity contribution in [1.29, 1.82) is 0 Å². The number of esters is 1. The van der Waals surface area contributed by atoms with Gasteiger partial charge in [0.05, 0.1) is 26.0 Å². The maximum absolute atomic E-state index is 12.4. The second-order valence-corrected chi connectivity index (χ2v) is 7.55. The lowest BCUT2D eigenvalue weighted by molar-refractivity contribution is -0.143. The first-order chi connectivity index (χ1) is 14.4. The first kappa shape index (κ1) is 20.1. The molecule has 9 nitrogen and oxygen atoms in total. The largest absolute Gasteiger partial charge is 0.468 e. The summed E-state index contributed by atoms with van der Waals surface area (Å²) in [6.45, 7) is 2.71. The Hall–Kier alpha value is -3.20. The summed E-state index contributed by atoms with van der Waals surface area (Å²) in [5.41, 5.74) is 6.78. The lowest BCUT2D eigenvalue weighted by atomic mass is 10.0. The Labute approximate surface area is 174 Å². The van der Waals surface area contributed by atoms with Gasteiger partial charge in [0.2, 0.25) is 0 Å². The molecule has 1 aromatic carbocycles. The second-order valence-electron chi connectivity index (χ2n) is 7.55. The lowest BCUT2D eigenvalue weighted by Gasteiger charge is -2.28. The summed E-state index contributed by atoms with van der Waals surface area (Å²) >= 11 is 0. The van der Waals surface area contributed by atoms with Crippen LogP contribution in [0.4, 0.5) is 16.3 Å². The fourth-order valence-electron chi connectivity index (χ4n) is 3.61. The normalized spacial score (nSPS) is 17.3. The van der Waals surface area contributed by atoms with Gasteiger partial charge >= 0.3 is 12.0 Å². The monoisotopic (exact) mass is 411 g/mol. The topological polar surface area (TPSA) is 111 Å². The van der Waals surface area contributed by atoms with E-state index in [1.54, 1.807) is 19.2 Å². The van der Waals surface area contributed by atoms with Gasteiger partial charge in [0.1, 0.15) is 11.2 Å². The van der Waals surface area contributed by atoms with Gasteiger partial charge in [-0.1, -0.05) is 0 Å². The molecule has 1 saturated carbocycles. The molecular formula is C21H25N5O4. The summed E-state index contributed by atoms with van der Waals surface area (Å²) in [4.78, 5) is 36.8. The number of methoxy groups -OCH3 is 1. The Morgan fingerprint density at radius 1 is 1.17 bits per heavy atom. The molecule has 2 aromatic rings. The van der Waals surface area contributed by atoms with Crippen molar-refractivity contribution >= 4 is 23.5 Å². The van der Waals surface area contributed by atoms with E-state index in [4.69, 9.17) is 25.2 Å². The predicted octanol–water partition coefficient (Wildman–Crippen LogP) is 1.70. The minimum absolute atomic E-state index is 0.265. The van der Waals surface area contributed by atoms with Crippen LogP contribution in [0.15, 0.2) is 30.3 Å². The maximum Gasteiger partial charge on any atom is 0.318 e. The first-order valence-electron chi connectivity index (χ1n) is 9.89. The standard InChI is InChI=1S/C21H25N5O4/c1-25(20(22)28)15-5-3-14(4-6-15)18-23-16(21(7-8-21)19(27)29-2)13-17(24-18)26-9-11-30-12-10-26/h3-6,13H,7-12H2,1-2H3,(H2,22,28). The van der Waals surface area contributed by atoms with Crippen molar-refractivity contribution < 1.29 is 19.1 Å². The number of amides is 2. The summed E-state index contributed by atoms with van der Waals surface area (Å²) in [6, 6.07) is 8.62. The van der Waals surface area contributed by atoms with Gasteiger partial charge in [-0.15, -0.1) is 0 Å². The molecule has 30 heavy (non-hydrogen) atoms. The predicted molar refractivity (Wildman–Crippen MR) is 111 cm³/mol. The van der Waals surface area contributed by atoms with Gasteiger partial charge in [0, 0.05) is 37.5 Å². The number of hydrogen-bond donors (Lipinski definition) is 1. The summed E-state index contributed by atoms with van der Waals surface area (Å²) < 4.78 is 10.5.